The average Bonchev–Trinajstić information content (AvgIpc) is 2.91. The van der Waals surface area contributed by atoms with Crippen LogP contribution < -0.4 is 10.6 Å². The zero-order valence-corrected chi connectivity index (χ0v) is 23.9. The summed E-state index contributed by atoms with van der Waals surface area (Å²) < 4.78 is 25.7. The smallest absolute Gasteiger partial charge is 0.469 e. The Morgan fingerprint density at radius 1 is 1.18 bits per heavy atom. The number of carbonyl (C=O) groups excluding carboxylic acids is 4. The standard InChI is InChI=1S/C25H38N3O10P/c1-6-28(7-2)23(31)19(15-18-11-9-8-10-12-18)27-24(32)35-17-37-39(33)36-16-25(3,4)21(38-39)22(30)26-14-13-20(29)34-5/h8-12,19,21,33H,6-7,13-17H2,1-5H3,(H-,26,27,30,32)/p+1/t19-,21-,39?/m0/s1. The van der Waals surface area contributed by atoms with Crippen LogP contribution in [0.1, 0.15) is 39.7 Å². The number of hydrogen-bond donors (Lipinski definition) is 3. The van der Waals surface area contributed by atoms with Gasteiger partial charge < -0.3 is 25.0 Å². The van der Waals surface area contributed by atoms with Crippen LogP contribution in [-0.2, 0) is 43.8 Å². The molecule has 13 nitrogen and oxygen atoms in total. The Bertz CT molecular complexity index is 976. The van der Waals surface area contributed by atoms with E-state index in [9.17, 15) is 24.1 Å². The molecule has 0 radical (unpaired) electrons. The van der Waals surface area contributed by atoms with Gasteiger partial charge in [-0.15, -0.1) is 9.05 Å². The molecule has 1 unspecified atom stereocenters. The highest BCUT2D eigenvalue weighted by Gasteiger charge is 2.59. The Morgan fingerprint density at radius 2 is 1.85 bits per heavy atom. The first-order valence-electron chi connectivity index (χ1n) is 12.6. The fraction of sp³-hybridized carbons (Fsp3) is 0.600. The molecule has 218 valence electrons. The van der Waals surface area contributed by atoms with Crippen molar-refractivity contribution in [1.82, 2.24) is 15.5 Å². The molecule has 1 heterocycles. The van der Waals surface area contributed by atoms with Gasteiger partial charge in [0.15, 0.2) is 6.10 Å². The minimum atomic E-state index is -4.03. The number of carbonyl (C=O) groups is 4. The number of esters is 1. The molecule has 1 aliphatic rings. The lowest BCUT2D eigenvalue weighted by atomic mass is 9.87. The highest BCUT2D eigenvalue weighted by molar-refractivity contribution is 7.55. The van der Waals surface area contributed by atoms with Crippen molar-refractivity contribution < 1.29 is 47.1 Å². The van der Waals surface area contributed by atoms with Crippen molar-refractivity contribution >= 4 is 32.0 Å². The van der Waals surface area contributed by atoms with Gasteiger partial charge in [-0.25, -0.2) is 4.79 Å². The fourth-order valence-electron chi connectivity index (χ4n) is 3.72. The van der Waals surface area contributed by atoms with Crippen LogP contribution >= 0.6 is 8.17 Å². The number of benzene rings is 1. The molecule has 1 saturated heterocycles. The maximum Gasteiger partial charge on any atom is 0.576 e. The molecule has 0 aliphatic carbocycles. The van der Waals surface area contributed by atoms with Crippen LogP contribution in [0.2, 0.25) is 0 Å². The molecule has 0 saturated carbocycles. The van der Waals surface area contributed by atoms with Gasteiger partial charge in [0.2, 0.25) is 12.7 Å². The molecular weight excluding hydrogens is 533 g/mol. The van der Waals surface area contributed by atoms with Gasteiger partial charge in [-0.1, -0.05) is 44.2 Å². The average molecular weight is 573 g/mol. The first-order valence-corrected chi connectivity index (χ1v) is 14.1. The number of nitrogens with one attached hydrogen (secondary N) is 2. The highest BCUT2D eigenvalue weighted by atomic mass is 31.2. The van der Waals surface area contributed by atoms with E-state index in [0.717, 1.165) is 5.56 Å². The lowest BCUT2D eigenvalue weighted by molar-refractivity contribution is -0.146. The molecule has 14 heteroatoms. The first kappa shape index (κ1) is 32.4. The molecule has 3 N–H and O–H groups in total. The predicted octanol–water partition coefficient (Wildman–Crippen LogP) is 1.96. The maximum atomic E-state index is 13.0. The third kappa shape index (κ3) is 10.0. The molecule has 0 aromatic heterocycles. The Hall–Kier alpha value is -2.83. The summed E-state index contributed by atoms with van der Waals surface area (Å²) >= 11 is 0. The second-order valence-electron chi connectivity index (χ2n) is 9.41. The Kier molecular flexibility index (Phi) is 12.5. The molecule has 1 aromatic rings. The minimum Gasteiger partial charge on any atom is -0.469 e. The van der Waals surface area contributed by atoms with Crippen molar-refractivity contribution in [1.29, 1.82) is 0 Å². The van der Waals surface area contributed by atoms with Gasteiger partial charge >= 0.3 is 20.2 Å². The van der Waals surface area contributed by atoms with Gasteiger partial charge in [0, 0.05) is 31.5 Å². The number of ether oxygens (including phenoxy) is 2. The Morgan fingerprint density at radius 3 is 2.46 bits per heavy atom. The van der Waals surface area contributed by atoms with Crippen LogP contribution in [0, 0.1) is 5.41 Å². The molecular formula is C25H39N3O10P+. The van der Waals surface area contributed by atoms with E-state index in [2.05, 4.69) is 15.4 Å². The summed E-state index contributed by atoms with van der Waals surface area (Å²) in [4.78, 5) is 61.8. The van der Waals surface area contributed by atoms with E-state index in [1.165, 1.54) is 7.11 Å². The number of rotatable bonds is 13. The van der Waals surface area contributed by atoms with Crippen molar-refractivity contribution in [2.45, 2.75) is 52.7 Å². The Labute approximate surface area is 229 Å². The van der Waals surface area contributed by atoms with Crippen LogP contribution in [0.4, 0.5) is 4.79 Å². The van der Waals surface area contributed by atoms with E-state index >= 15 is 0 Å². The monoisotopic (exact) mass is 572 g/mol. The number of amides is 3. The van der Waals surface area contributed by atoms with Gasteiger partial charge in [-0.05, 0) is 19.4 Å². The van der Waals surface area contributed by atoms with Crippen molar-refractivity contribution in [2.75, 3.05) is 40.1 Å². The Balaban J connectivity index is 1.95. The number of likely N-dealkylation sites (N-methyl/N-ethyl adjacent to an activating group) is 1. The van der Waals surface area contributed by atoms with Crippen LogP contribution in [0.25, 0.3) is 0 Å². The van der Waals surface area contributed by atoms with E-state index in [1.807, 2.05) is 44.2 Å². The van der Waals surface area contributed by atoms with Crippen molar-refractivity contribution in [3.8, 4) is 0 Å². The van der Waals surface area contributed by atoms with Crippen molar-refractivity contribution in [3.05, 3.63) is 35.9 Å². The molecule has 1 aromatic carbocycles. The highest BCUT2D eigenvalue weighted by Crippen LogP contribution is 2.63. The SMILES string of the molecule is CCN(CC)C(=O)[C@H](Cc1ccccc1)NC(=O)OCO[P+]1(O)OCC(C)(C)[C@H](C(=O)NCCC(=O)OC)O1. The second kappa shape index (κ2) is 15.1. The zero-order valence-electron chi connectivity index (χ0n) is 23.0. The van der Waals surface area contributed by atoms with Crippen molar-refractivity contribution in [3.63, 3.8) is 0 Å². The number of alkyl carbamates (subject to hydrolysis) is 1. The molecule has 0 bridgehead atoms. The van der Waals surface area contributed by atoms with Gasteiger partial charge in [-0.3, -0.25) is 14.4 Å². The summed E-state index contributed by atoms with van der Waals surface area (Å²) in [6.07, 6.45) is -1.90. The van der Waals surface area contributed by atoms with Gasteiger partial charge in [0.25, 0.3) is 5.91 Å². The lowest BCUT2D eigenvalue weighted by Crippen LogP contribution is -2.51. The molecule has 1 fully saturated rings. The van der Waals surface area contributed by atoms with Gasteiger partial charge in [0.05, 0.1) is 13.5 Å². The summed E-state index contributed by atoms with van der Waals surface area (Å²) in [5.41, 5.74) is 0.0147. The fourth-order valence-corrected chi connectivity index (χ4v) is 5.24. The van der Waals surface area contributed by atoms with Gasteiger partial charge in [-0.2, -0.15) is 9.42 Å². The first-order chi connectivity index (χ1) is 18.4. The lowest BCUT2D eigenvalue weighted by Gasteiger charge is -2.36. The second-order valence-corrected chi connectivity index (χ2v) is 11.1. The topological polar surface area (TPSA) is 162 Å². The molecule has 1 aliphatic heterocycles. The molecule has 0 spiro atoms. The van der Waals surface area contributed by atoms with E-state index < -0.39 is 50.5 Å². The summed E-state index contributed by atoms with van der Waals surface area (Å²) in [6.45, 7) is 7.20. The normalized spacial score (nSPS) is 20.8. The summed E-state index contributed by atoms with van der Waals surface area (Å²) in [5.74, 6) is -1.34. The summed E-state index contributed by atoms with van der Waals surface area (Å²) in [5, 5.41) is 5.11. The summed E-state index contributed by atoms with van der Waals surface area (Å²) in [6, 6.07) is 8.33. The van der Waals surface area contributed by atoms with Crippen LogP contribution in [0.3, 0.4) is 0 Å². The predicted molar refractivity (Wildman–Crippen MR) is 141 cm³/mol. The minimum absolute atomic E-state index is 0.0136. The molecule has 39 heavy (non-hydrogen) atoms. The van der Waals surface area contributed by atoms with Crippen molar-refractivity contribution in [2.24, 2.45) is 5.41 Å². The number of nitrogens with zero attached hydrogens (tertiary/aromatic N) is 1. The maximum absolute atomic E-state index is 13.0. The summed E-state index contributed by atoms with van der Waals surface area (Å²) in [7, 11) is -2.79. The van der Waals surface area contributed by atoms with E-state index in [-0.39, 0.29) is 31.9 Å². The third-order valence-corrected chi connectivity index (χ3v) is 7.36. The molecule has 3 amide bonds. The van der Waals surface area contributed by atoms with E-state index in [1.54, 1.807) is 18.7 Å². The largest absolute Gasteiger partial charge is 0.576 e. The van der Waals surface area contributed by atoms with Gasteiger partial charge in [0.1, 0.15) is 12.6 Å². The molecule has 3 atom stereocenters. The number of hydrogen-bond acceptors (Lipinski definition) is 10. The van der Waals surface area contributed by atoms with E-state index in [4.69, 9.17) is 18.3 Å². The number of methoxy groups -OCH3 is 1. The zero-order chi connectivity index (χ0) is 29.1. The van der Waals surface area contributed by atoms with Crippen LogP contribution in [0.15, 0.2) is 30.3 Å². The molecule has 2 rings (SSSR count). The quantitative estimate of drug-likeness (QED) is 0.181. The van der Waals surface area contributed by atoms with Crippen LogP contribution in [-0.4, -0.2) is 86.0 Å². The van der Waals surface area contributed by atoms with E-state index in [0.29, 0.717) is 13.1 Å². The van der Waals surface area contributed by atoms with Crippen LogP contribution in [0.5, 0.6) is 0 Å². The third-order valence-electron chi connectivity index (χ3n) is 6.00.